The molecule has 1 amide bonds. The Kier molecular flexibility index (Phi) is 5.47. The van der Waals surface area contributed by atoms with Gasteiger partial charge in [0.15, 0.2) is 5.13 Å². The Balaban J connectivity index is 2.02. The van der Waals surface area contributed by atoms with Crippen molar-refractivity contribution in [2.24, 2.45) is 0 Å². The Bertz CT molecular complexity index is 609. The smallest absolute Gasteiger partial charge is 0.257 e. The minimum absolute atomic E-state index is 0.108. The molecule has 5 heteroatoms. The fourth-order valence-electron chi connectivity index (χ4n) is 2.00. The first-order valence-corrected chi connectivity index (χ1v) is 8.05. The maximum atomic E-state index is 12.2. The van der Waals surface area contributed by atoms with Crippen molar-refractivity contribution in [3.8, 4) is 0 Å². The first-order valence-electron chi connectivity index (χ1n) is 7.17. The zero-order chi connectivity index (χ0) is 15.2. The van der Waals surface area contributed by atoms with Gasteiger partial charge in [0.2, 0.25) is 0 Å². The third kappa shape index (κ3) is 4.12. The van der Waals surface area contributed by atoms with Crippen LogP contribution in [0, 0.1) is 6.92 Å². The van der Waals surface area contributed by atoms with E-state index in [1.54, 1.807) is 0 Å². The van der Waals surface area contributed by atoms with Crippen LogP contribution >= 0.6 is 11.3 Å². The zero-order valence-corrected chi connectivity index (χ0v) is 13.5. The molecule has 1 unspecified atom stereocenters. The summed E-state index contributed by atoms with van der Waals surface area (Å²) in [6.07, 6.45) is 1.09. The number of nitrogens with one attached hydrogen (secondary N) is 2. The number of thiazole rings is 1. The van der Waals surface area contributed by atoms with Crippen LogP contribution in [-0.2, 0) is 0 Å². The van der Waals surface area contributed by atoms with E-state index in [1.807, 2.05) is 36.6 Å². The second kappa shape index (κ2) is 7.33. The van der Waals surface area contributed by atoms with Gasteiger partial charge in [-0.05, 0) is 38.4 Å². The average Bonchev–Trinajstić information content (AvgIpc) is 2.93. The molecule has 0 saturated heterocycles. The summed E-state index contributed by atoms with van der Waals surface area (Å²) in [5, 5.41) is 8.89. The van der Waals surface area contributed by atoms with Crippen molar-refractivity contribution >= 4 is 22.4 Å². The van der Waals surface area contributed by atoms with Crippen LogP contribution in [0.5, 0.6) is 0 Å². The van der Waals surface area contributed by atoms with Gasteiger partial charge in [-0.25, -0.2) is 4.98 Å². The van der Waals surface area contributed by atoms with Crippen LogP contribution in [0.2, 0.25) is 0 Å². The molecule has 2 N–H and O–H groups in total. The fourth-order valence-corrected chi connectivity index (χ4v) is 2.80. The highest BCUT2D eigenvalue weighted by atomic mass is 32.1. The number of anilines is 1. The first kappa shape index (κ1) is 15.7. The average molecular weight is 303 g/mol. The van der Waals surface area contributed by atoms with Crippen molar-refractivity contribution in [1.82, 2.24) is 10.3 Å². The lowest BCUT2D eigenvalue weighted by Crippen LogP contribution is -2.19. The number of rotatable bonds is 6. The van der Waals surface area contributed by atoms with Crippen molar-refractivity contribution in [3.63, 3.8) is 0 Å². The third-order valence-corrected chi connectivity index (χ3v) is 4.05. The Labute approximate surface area is 129 Å². The Morgan fingerprint density at radius 3 is 2.86 bits per heavy atom. The van der Waals surface area contributed by atoms with Crippen LogP contribution in [-0.4, -0.2) is 17.4 Å². The van der Waals surface area contributed by atoms with Gasteiger partial charge >= 0.3 is 0 Å². The number of amides is 1. The topological polar surface area (TPSA) is 54.0 Å². The van der Waals surface area contributed by atoms with Crippen LogP contribution in [0.15, 0.2) is 29.6 Å². The number of hydrogen-bond donors (Lipinski definition) is 2. The molecule has 0 saturated carbocycles. The molecule has 1 aromatic carbocycles. The summed E-state index contributed by atoms with van der Waals surface area (Å²) in [6.45, 7) is 7.11. The van der Waals surface area contributed by atoms with Crippen LogP contribution in [0.3, 0.4) is 0 Å². The number of aryl methyl sites for hydroxylation is 1. The van der Waals surface area contributed by atoms with Crippen molar-refractivity contribution in [2.45, 2.75) is 33.2 Å². The van der Waals surface area contributed by atoms with Gasteiger partial charge in [0.25, 0.3) is 5.91 Å². The Hall–Kier alpha value is -1.72. The molecular weight excluding hydrogens is 282 g/mol. The van der Waals surface area contributed by atoms with E-state index in [0.29, 0.717) is 10.7 Å². The quantitative estimate of drug-likeness (QED) is 0.854. The van der Waals surface area contributed by atoms with Crippen molar-refractivity contribution in [3.05, 3.63) is 46.5 Å². The summed E-state index contributed by atoms with van der Waals surface area (Å²) < 4.78 is 0. The molecular formula is C16H21N3OS. The second-order valence-corrected chi connectivity index (χ2v) is 5.88. The maximum Gasteiger partial charge on any atom is 0.257 e. The Morgan fingerprint density at radius 1 is 1.38 bits per heavy atom. The van der Waals surface area contributed by atoms with Crippen LogP contribution in [0.4, 0.5) is 5.13 Å². The molecule has 0 bridgehead atoms. The summed E-state index contributed by atoms with van der Waals surface area (Å²) >= 11 is 1.46. The van der Waals surface area contributed by atoms with Gasteiger partial charge in [-0.2, -0.15) is 0 Å². The summed E-state index contributed by atoms with van der Waals surface area (Å²) in [5.41, 5.74) is 2.62. The fraction of sp³-hybridized carbons (Fsp3) is 0.375. The minimum Gasteiger partial charge on any atom is -0.309 e. The summed E-state index contributed by atoms with van der Waals surface area (Å²) in [7, 11) is 0. The number of benzene rings is 1. The van der Waals surface area contributed by atoms with Gasteiger partial charge in [0.1, 0.15) is 0 Å². The molecule has 21 heavy (non-hydrogen) atoms. The highest BCUT2D eigenvalue weighted by molar-refractivity contribution is 7.14. The third-order valence-electron chi connectivity index (χ3n) is 3.28. The largest absolute Gasteiger partial charge is 0.309 e. The summed E-state index contributed by atoms with van der Waals surface area (Å²) in [6, 6.07) is 7.75. The molecule has 112 valence electrons. The molecule has 0 spiro atoms. The van der Waals surface area contributed by atoms with E-state index < -0.39 is 0 Å². The molecule has 0 fully saturated rings. The van der Waals surface area contributed by atoms with Crippen molar-refractivity contribution in [2.75, 3.05) is 11.9 Å². The minimum atomic E-state index is -0.108. The number of hydrogen-bond acceptors (Lipinski definition) is 4. The number of aromatic nitrogens is 1. The maximum absolute atomic E-state index is 12.2. The zero-order valence-electron chi connectivity index (χ0n) is 12.6. The van der Waals surface area contributed by atoms with E-state index in [-0.39, 0.29) is 11.9 Å². The van der Waals surface area contributed by atoms with Crippen molar-refractivity contribution < 1.29 is 4.79 Å². The van der Waals surface area contributed by atoms with E-state index in [9.17, 15) is 4.79 Å². The van der Waals surface area contributed by atoms with Gasteiger partial charge in [0, 0.05) is 17.0 Å². The van der Waals surface area contributed by atoms with Crippen molar-refractivity contribution in [1.29, 1.82) is 0 Å². The van der Waals surface area contributed by atoms with E-state index in [4.69, 9.17) is 0 Å². The SMILES string of the molecule is CCCNC(C)c1csc(NC(=O)c2ccccc2C)n1. The molecule has 0 radical (unpaired) electrons. The first-order chi connectivity index (χ1) is 10.1. The highest BCUT2D eigenvalue weighted by Gasteiger charge is 2.13. The Morgan fingerprint density at radius 2 is 2.14 bits per heavy atom. The number of carbonyl (C=O) groups is 1. The van der Waals surface area contributed by atoms with E-state index in [0.717, 1.165) is 24.2 Å². The van der Waals surface area contributed by atoms with Crippen LogP contribution in [0.25, 0.3) is 0 Å². The van der Waals surface area contributed by atoms with Gasteiger partial charge in [-0.3, -0.25) is 10.1 Å². The number of carbonyl (C=O) groups excluding carboxylic acids is 1. The molecule has 0 aliphatic heterocycles. The molecule has 4 nitrogen and oxygen atoms in total. The lowest BCUT2D eigenvalue weighted by Gasteiger charge is -2.09. The second-order valence-electron chi connectivity index (χ2n) is 5.02. The lowest BCUT2D eigenvalue weighted by molar-refractivity contribution is 0.102. The molecule has 1 aromatic heterocycles. The normalized spacial score (nSPS) is 12.1. The van der Waals surface area contributed by atoms with Gasteiger partial charge in [-0.15, -0.1) is 11.3 Å². The van der Waals surface area contributed by atoms with Gasteiger partial charge < -0.3 is 5.32 Å². The molecule has 0 aliphatic rings. The number of nitrogens with zero attached hydrogens (tertiary/aromatic N) is 1. The molecule has 1 heterocycles. The molecule has 2 rings (SSSR count). The predicted octanol–water partition coefficient (Wildman–Crippen LogP) is 3.76. The molecule has 0 aliphatic carbocycles. The van der Waals surface area contributed by atoms with Crippen LogP contribution < -0.4 is 10.6 Å². The van der Waals surface area contributed by atoms with E-state index in [2.05, 4.69) is 29.5 Å². The van der Waals surface area contributed by atoms with Gasteiger partial charge in [-0.1, -0.05) is 25.1 Å². The highest BCUT2D eigenvalue weighted by Crippen LogP contribution is 2.21. The monoisotopic (exact) mass is 303 g/mol. The summed E-state index contributed by atoms with van der Waals surface area (Å²) in [5.74, 6) is -0.108. The van der Waals surface area contributed by atoms with E-state index in [1.165, 1.54) is 11.3 Å². The predicted molar refractivity (Wildman–Crippen MR) is 88.0 cm³/mol. The summed E-state index contributed by atoms with van der Waals surface area (Å²) in [4.78, 5) is 16.7. The standard InChI is InChI=1S/C16H21N3OS/c1-4-9-17-12(3)14-10-21-16(18-14)19-15(20)13-8-6-5-7-11(13)2/h5-8,10,12,17H,4,9H2,1-3H3,(H,18,19,20). The molecule has 2 aromatic rings. The van der Waals surface area contributed by atoms with E-state index >= 15 is 0 Å². The molecule has 1 atom stereocenters. The van der Waals surface area contributed by atoms with Crippen LogP contribution in [0.1, 0.15) is 47.9 Å². The lowest BCUT2D eigenvalue weighted by atomic mass is 10.1. The van der Waals surface area contributed by atoms with Gasteiger partial charge in [0.05, 0.1) is 5.69 Å².